The number of hydrogen-bond acceptors (Lipinski definition) is 6. The molecule has 35 heavy (non-hydrogen) atoms. The van der Waals surface area contributed by atoms with Crippen LogP contribution in [0.4, 0.5) is 11.4 Å². The number of piperazine rings is 1. The van der Waals surface area contributed by atoms with Crippen LogP contribution in [0.2, 0.25) is 0 Å². The van der Waals surface area contributed by atoms with Gasteiger partial charge in [0.15, 0.2) is 11.5 Å². The molecule has 7 nitrogen and oxygen atoms in total. The van der Waals surface area contributed by atoms with Crippen molar-refractivity contribution in [3.8, 4) is 11.5 Å². The number of nitrogens with zero attached hydrogens (tertiary/aromatic N) is 3. The number of aryl methyl sites for hydroxylation is 1. The van der Waals surface area contributed by atoms with Crippen LogP contribution in [0.3, 0.4) is 0 Å². The van der Waals surface area contributed by atoms with E-state index in [2.05, 4.69) is 34.1 Å². The van der Waals surface area contributed by atoms with Crippen LogP contribution in [0.5, 0.6) is 11.5 Å². The van der Waals surface area contributed by atoms with Crippen molar-refractivity contribution in [3.05, 3.63) is 78.4 Å². The molecular formula is C27H31N3O4S. The van der Waals surface area contributed by atoms with Gasteiger partial charge in [0.1, 0.15) is 13.2 Å². The van der Waals surface area contributed by atoms with Gasteiger partial charge in [-0.1, -0.05) is 35.9 Å². The molecule has 2 heterocycles. The Bertz CT molecular complexity index is 1240. The van der Waals surface area contributed by atoms with E-state index in [0.29, 0.717) is 43.5 Å². The quantitative estimate of drug-likeness (QED) is 0.499. The number of anilines is 2. The van der Waals surface area contributed by atoms with Gasteiger partial charge in [0.25, 0.3) is 10.0 Å². The van der Waals surface area contributed by atoms with Crippen LogP contribution in [-0.4, -0.2) is 65.8 Å². The van der Waals surface area contributed by atoms with Crippen LogP contribution < -0.4 is 18.7 Å². The first-order valence-electron chi connectivity index (χ1n) is 12.0. The summed E-state index contributed by atoms with van der Waals surface area (Å²) in [7, 11) is -3.75. The summed E-state index contributed by atoms with van der Waals surface area (Å²) in [5.74, 6) is 1.22. The molecule has 3 aromatic rings. The minimum absolute atomic E-state index is 0.284. The van der Waals surface area contributed by atoms with E-state index in [1.807, 2.05) is 25.1 Å². The Balaban J connectivity index is 1.34. The first-order valence-corrected chi connectivity index (χ1v) is 13.5. The number of hydrogen-bond donors (Lipinski definition) is 0. The van der Waals surface area contributed by atoms with Crippen molar-refractivity contribution in [2.45, 2.75) is 11.8 Å². The summed E-state index contributed by atoms with van der Waals surface area (Å²) in [5, 5.41) is 0. The van der Waals surface area contributed by atoms with Gasteiger partial charge in [0.2, 0.25) is 0 Å². The fourth-order valence-corrected chi connectivity index (χ4v) is 5.96. The van der Waals surface area contributed by atoms with Gasteiger partial charge in [-0.25, -0.2) is 8.42 Å². The molecule has 184 valence electrons. The predicted octanol–water partition coefficient (Wildman–Crippen LogP) is 3.78. The summed E-state index contributed by atoms with van der Waals surface area (Å²) in [4.78, 5) is 4.99. The van der Waals surface area contributed by atoms with Gasteiger partial charge in [-0.05, 0) is 43.3 Å². The van der Waals surface area contributed by atoms with Crippen LogP contribution in [0.25, 0.3) is 0 Å². The highest BCUT2D eigenvalue weighted by molar-refractivity contribution is 7.92. The van der Waals surface area contributed by atoms with E-state index >= 15 is 0 Å². The molecule has 0 radical (unpaired) electrons. The van der Waals surface area contributed by atoms with Gasteiger partial charge in [-0.2, -0.15) is 0 Å². The lowest BCUT2D eigenvalue weighted by Crippen LogP contribution is -2.49. The highest BCUT2D eigenvalue weighted by Gasteiger charge is 2.28. The minimum Gasteiger partial charge on any atom is -0.486 e. The van der Waals surface area contributed by atoms with Gasteiger partial charge in [-0.15, -0.1) is 0 Å². The Morgan fingerprint density at radius 2 is 1.51 bits per heavy atom. The first kappa shape index (κ1) is 23.5. The van der Waals surface area contributed by atoms with Gasteiger partial charge in [0, 0.05) is 51.0 Å². The van der Waals surface area contributed by atoms with Crippen molar-refractivity contribution in [2.75, 3.05) is 61.7 Å². The highest BCUT2D eigenvalue weighted by Crippen LogP contribution is 2.35. The van der Waals surface area contributed by atoms with Crippen LogP contribution in [0, 0.1) is 6.92 Å². The van der Waals surface area contributed by atoms with E-state index < -0.39 is 10.0 Å². The predicted molar refractivity (Wildman–Crippen MR) is 138 cm³/mol. The average molecular weight is 494 g/mol. The zero-order valence-corrected chi connectivity index (χ0v) is 20.8. The summed E-state index contributed by atoms with van der Waals surface area (Å²) in [6, 6.07) is 22.8. The second-order valence-electron chi connectivity index (χ2n) is 8.88. The molecule has 0 aliphatic carbocycles. The molecule has 0 amide bonds. The zero-order valence-electron chi connectivity index (χ0n) is 20.0. The molecule has 2 aliphatic rings. The lowest BCUT2D eigenvalue weighted by atomic mass is 10.2. The second kappa shape index (κ2) is 10.2. The third-order valence-corrected chi connectivity index (χ3v) is 8.38. The standard InChI is InChI=1S/C27H31N3O4S/c1-22-7-10-25(11-8-22)35(31,32)30(24-9-12-26-27(21-24)34-20-19-33-26)18-15-28-13-16-29(17-14-28)23-5-3-2-4-6-23/h2-12,21H,13-20H2,1H3. The van der Waals surface area contributed by atoms with E-state index in [1.165, 1.54) is 9.99 Å². The maximum absolute atomic E-state index is 13.7. The average Bonchev–Trinajstić information content (AvgIpc) is 2.90. The number of rotatable bonds is 7. The van der Waals surface area contributed by atoms with Gasteiger partial charge in [0.05, 0.1) is 10.6 Å². The van der Waals surface area contributed by atoms with E-state index in [1.54, 1.807) is 30.3 Å². The van der Waals surface area contributed by atoms with Crippen molar-refractivity contribution < 1.29 is 17.9 Å². The molecule has 1 fully saturated rings. The topological polar surface area (TPSA) is 62.3 Å². The molecule has 5 rings (SSSR count). The number of fused-ring (bicyclic) bond motifs is 1. The molecule has 0 spiro atoms. The largest absolute Gasteiger partial charge is 0.486 e. The van der Waals surface area contributed by atoms with Gasteiger partial charge >= 0.3 is 0 Å². The van der Waals surface area contributed by atoms with Crippen molar-refractivity contribution in [2.24, 2.45) is 0 Å². The fraction of sp³-hybridized carbons (Fsp3) is 0.333. The molecule has 0 atom stereocenters. The highest BCUT2D eigenvalue weighted by atomic mass is 32.2. The Morgan fingerprint density at radius 1 is 0.829 bits per heavy atom. The van der Waals surface area contributed by atoms with Gasteiger partial charge < -0.3 is 14.4 Å². The maximum atomic E-state index is 13.7. The molecule has 0 bridgehead atoms. The molecule has 8 heteroatoms. The summed E-state index contributed by atoms with van der Waals surface area (Å²) < 4.78 is 40.4. The van der Waals surface area contributed by atoms with Crippen molar-refractivity contribution in [1.82, 2.24) is 4.90 Å². The molecular weight excluding hydrogens is 462 g/mol. The maximum Gasteiger partial charge on any atom is 0.264 e. The molecule has 3 aromatic carbocycles. The number of sulfonamides is 1. The number of benzene rings is 3. The Hall–Kier alpha value is -3.23. The van der Waals surface area contributed by atoms with Crippen LogP contribution in [0.15, 0.2) is 77.7 Å². The lowest BCUT2D eigenvalue weighted by Gasteiger charge is -2.37. The molecule has 0 aromatic heterocycles. The van der Waals surface area contributed by atoms with Crippen LogP contribution in [0.1, 0.15) is 5.56 Å². The monoisotopic (exact) mass is 493 g/mol. The van der Waals surface area contributed by atoms with E-state index in [0.717, 1.165) is 31.7 Å². The number of para-hydroxylation sites is 1. The molecule has 2 aliphatic heterocycles. The van der Waals surface area contributed by atoms with Crippen molar-refractivity contribution in [1.29, 1.82) is 0 Å². The number of ether oxygens (including phenoxy) is 2. The lowest BCUT2D eigenvalue weighted by molar-refractivity contribution is 0.171. The normalized spacial score (nSPS) is 16.2. The minimum atomic E-state index is -3.75. The van der Waals surface area contributed by atoms with Crippen LogP contribution >= 0.6 is 0 Å². The third-order valence-electron chi connectivity index (χ3n) is 6.54. The zero-order chi connectivity index (χ0) is 24.3. The van der Waals surface area contributed by atoms with Crippen molar-refractivity contribution in [3.63, 3.8) is 0 Å². The fourth-order valence-electron chi connectivity index (χ4n) is 4.51. The smallest absolute Gasteiger partial charge is 0.264 e. The molecule has 1 saturated heterocycles. The van der Waals surface area contributed by atoms with E-state index in [9.17, 15) is 8.42 Å². The first-order chi connectivity index (χ1) is 17.0. The third kappa shape index (κ3) is 5.23. The summed E-state index contributed by atoms with van der Waals surface area (Å²) in [5.41, 5.74) is 2.83. The van der Waals surface area contributed by atoms with Crippen molar-refractivity contribution >= 4 is 21.4 Å². The van der Waals surface area contributed by atoms with E-state index in [-0.39, 0.29) is 4.90 Å². The Labute approximate surface area is 207 Å². The van der Waals surface area contributed by atoms with Gasteiger partial charge in [-0.3, -0.25) is 9.21 Å². The Morgan fingerprint density at radius 3 is 2.23 bits per heavy atom. The molecule has 0 unspecified atom stereocenters. The van der Waals surface area contributed by atoms with E-state index in [4.69, 9.17) is 9.47 Å². The summed E-state index contributed by atoms with van der Waals surface area (Å²) in [6.45, 7) is 7.48. The molecule has 0 saturated carbocycles. The van der Waals surface area contributed by atoms with Crippen LogP contribution in [-0.2, 0) is 10.0 Å². The second-order valence-corrected chi connectivity index (χ2v) is 10.7. The molecule has 0 N–H and O–H groups in total. The SMILES string of the molecule is Cc1ccc(S(=O)(=O)N(CCN2CCN(c3ccccc3)CC2)c2ccc3c(c2)OCCO3)cc1. The summed E-state index contributed by atoms with van der Waals surface area (Å²) >= 11 is 0. The Kier molecular flexibility index (Phi) is 6.83. The summed E-state index contributed by atoms with van der Waals surface area (Å²) in [6.07, 6.45) is 0.